The lowest BCUT2D eigenvalue weighted by Crippen LogP contribution is -2.49. The normalized spacial score (nSPS) is 14.8. The molecule has 25 heavy (non-hydrogen) atoms. The number of amides is 1. The van der Waals surface area contributed by atoms with Crippen LogP contribution in [0, 0.1) is 0 Å². The highest BCUT2D eigenvalue weighted by Crippen LogP contribution is 2.21. The topological polar surface area (TPSA) is 63.0 Å². The van der Waals surface area contributed by atoms with E-state index in [1.807, 2.05) is 29.2 Å². The third-order valence-electron chi connectivity index (χ3n) is 4.51. The Hall–Kier alpha value is -3.09. The second kappa shape index (κ2) is 6.43. The van der Waals surface area contributed by atoms with Crippen molar-refractivity contribution in [2.45, 2.75) is 0 Å². The lowest BCUT2D eigenvalue weighted by atomic mass is 10.2. The van der Waals surface area contributed by atoms with Crippen LogP contribution in [-0.2, 0) is 0 Å². The molecular formula is C18H19N5O2. The van der Waals surface area contributed by atoms with E-state index in [9.17, 15) is 4.79 Å². The first-order valence-corrected chi connectivity index (χ1v) is 8.23. The first-order chi connectivity index (χ1) is 12.3. The van der Waals surface area contributed by atoms with Gasteiger partial charge in [-0.25, -0.2) is 9.50 Å². The molecule has 4 rings (SSSR count). The maximum absolute atomic E-state index is 12.8. The number of carbonyl (C=O) groups excluding carboxylic acids is 1. The molecule has 1 aliphatic rings. The molecule has 0 bridgehead atoms. The number of rotatable bonds is 3. The monoisotopic (exact) mass is 337 g/mol. The molecule has 1 aliphatic heterocycles. The molecule has 2 aromatic heterocycles. The van der Waals surface area contributed by atoms with E-state index < -0.39 is 0 Å². The minimum Gasteiger partial charge on any atom is -0.497 e. The maximum atomic E-state index is 12.8. The van der Waals surface area contributed by atoms with Crippen molar-refractivity contribution in [2.24, 2.45) is 0 Å². The Balaban J connectivity index is 1.46. The molecule has 1 aromatic carbocycles. The molecule has 7 heteroatoms. The zero-order valence-electron chi connectivity index (χ0n) is 14.0. The molecule has 1 fully saturated rings. The summed E-state index contributed by atoms with van der Waals surface area (Å²) in [6, 6.07) is 11.5. The molecule has 3 aromatic rings. The zero-order valence-corrected chi connectivity index (χ0v) is 14.0. The second-order valence-electron chi connectivity index (χ2n) is 5.91. The number of carbonyl (C=O) groups is 1. The van der Waals surface area contributed by atoms with Gasteiger partial charge in [-0.05, 0) is 30.3 Å². The molecule has 3 heterocycles. The number of hydrogen-bond donors (Lipinski definition) is 0. The van der Waals surface area contributed by atoms with Crippen LogP contribution in [0.25, 0.3) is 5.65 Å². The maximum Gasteiger partial charge on any atom is 0.272 e. The van der Waals surface area contributed by atoms with Gasteiger partial charge in [-0.15, -0.1) is 0 Å². The highest BCUT2D eigenvalue weighted by molar-refractivity contribution is 5.93. The van der Waals surface area contributed by atoms with E-state index in [1.165, 1.54) is 0 Å². The van der Waals surface area contributed by atoms with Gasteiger partial charge in [0, 0.05) is 44.1 Å². The molecule has 1 saturated heterocycles. The predicted molar refractivity (Wildman–Crippen MR) is 94.1 cm³/mol. The fourth-order valence-corrected chi connectivity index (χ4v) is 3.12. The zero-order chi connectivity index (χ0) is 17.2. The van der Waals surface area contributed by atoms with Crippen molar-refractivity contribution in [1.82, 2.24) is 19.5 Å². The summed E-state index contributed by atoms with van der Waals surface area (Å²) in [4.78, 5) is 21.2. The number of nitrogens with zero attached hydrogens (tertiary/aromatic N) is 5. The van der Waals surface area contributed by atoms with E-state index in [4.69, 9.17) is 4.74 Å². The fourth-order valence-electron chi connectivity index (χ4n) is 3.12. The molecular weight excluding hydrogens is 318 g/mol. The summed E-state index contributed by atoms with van der Waals surface area (Å²) in [6.45, 7) is 2.95. The minimum atomic E-state index is -0.00881. The van der Waals surface area contributed by atoms with Crippen LogP contribution in [0.3, 0.4) is 0 Å². The molecule has 0 N–H and O–H groups in total. The van der Waals surface area contributed by atoms with E-state index >= 15 is 0 Å². The van der Waals surface area contributed by atoms with Crippen LogP contribution < -0.4 is 9.64 Å². The van der Waals surface area contributed by atoms with Gasteiger partial charge >= 0.3 is 0 Å². The van der Waals surface area contributed by atoms with E-state index in [0.717, 1.165) is 24.5 Å². The second-order valence-corrected chi connectivity index (χ2v) is 5.91. The minimum absolute atomic E-state index is 0.00881. The van der Waals surface area contributed by atoms with Crippen LogP contribution in [0.5, 0.6) is 5.75 Å². The summed E-state index contributed by atoms with van der Waals surface area (Å²) in [5.74, 6) is 0.837. The third-order valence-corrected chi connectivity index (χ3v) is 4.51. The van der Waals surface area contributed by atoms with Gasteiger partial charge in [0.2, 0.25) is 0 Å². The summed E-state index contributed by atoms with van der Waals surface area (Å²) in [7, 11) is 1.66. The molecule has 128 valence electrons. The van der Waals surface area contributed by atoms with Gasteiger partial charge in [-0.3, -0.25) is 4.79 Å². The standard InChI is InChI=1S/C18H19N5O2/c1-25-15-4-2-14(3-5-15)21-10-12-22(13-11-21)18(24)16-6-8-19-17-7-9-20-23(16)17/h2-9H,10-13H2,1H3. The summed E-state index contributed by atoms with van der Waals surface area (Å²) in [5.41, 5.74) is 2.38. The smallest absolute Gasteiger partial charge is 0.272 e. The lowest BCUT2D eigenvalue weighted by Gasteiger charge is -2.36. The number of fused-ring (bicyclic) bond motifs is 1. The van der Waals surface area contributed by atoms with Crippen molar-refractivity contribution in [3.8, 4) is 5.75 Å². The van der Waals surface area contributed by atoms with Crippen LogP contribution in [0.1, 0.15) is 10.5 Å². The summed E-state index contributed by atoms with van der Waals surface area (Å²) >= 11 is 0. The van der Waals surface area contributed by atoms with Crippen molar-refractivity contribution in [3.63, 3.8) is 0 Å². The first kappa shape index (κ1) is 15.4. The van der Waals surface area contributed by atoms with Crippen molar-refractivity contribution in [2.75, 3.05) is 38.2 Å². The molecule has 0 aliphatic carbocycles. The Bertz CT molecular complexity index is 882. The molecule has 0 spiro atoms. The molecule has 0 unspecified atom stereocenters. The van der Waals surface area contributed by atoms with Gasteiger partial charge in [0.15, 0.2) is 5.65 Å². The Morgan fingerprint density at radius 3 is 2.48 bits per heavy atom. The largest absolute Gasteiger partial charge is 0.497 e. The molecule has 1 amide bonds. The molecule has 7 nitrogen and oxygen atoms in total. The van der Waals surface area contributed by atoms with Crippen LogP contribution in [0.2, 0.25) is 0 Å². The van der Waals surface area contributed by atoms with Gasteiger partial charge < -0.3 is 14.5 Å². The van der Waals surface area contributed by atoms with Crippen molar-refractivity contribution in [1.29, 1.82) is 0 Å². The van der Waals surface area contributed by atoms with Crippen LogP contribution in [-0.4, -0.2) is 58.7 Å². The molecule has 0 saturated carbocycles. The summed E-state index contributed by atoms with van der Waals surface area (Å²) in [6.07, 6.45) is 3.30. The van der Waals surface area contributed by atoms with Crippen molar-refractivity contribution in [3.05, 3.63) is 54.5 Å². The number of piperazine rings is 1. The average molecular weight is 337 g/mol. The van der Waals surface area contributed by atoms with Crippen molar-refractivity contribution >= 4 is 17.2 Å². The first-order valence-electron chi connectivity index (χ1n) is 8.23. The van der Waals surface area contributed by atoms with Gasteiger partial charge in [0.05, 0.1) is 13.3 Å². The Kier molecular flexibility index (Phi) is 3.97. The highest BCUT2D eigenvalue weighted by Gasteiger charge is 2.24. The number of hydrogen-bond acceptors (Lipinski definition) is 5. The third kappa shape index (κ3) is 2.88. The van der Waals surface area contributed by atoms with E-state index in [2.05, 4.69) is 15.0 Å². The molecule has 0 atom stereocenters. The van der Waals surface area contributed by atoms with Crippen LogP contribution >= 0.6 is 0 Å². The Morgan fingerprint density at radius 2 is 1.76 bits per heavy atom. The lowest BCUT2D eigenvalue weighted by molar-refractivity contribution is 0.0738. The number of aromatic nitrogens is 3. The van der Waals surface area contributed by atoms with Crippen molar-refractivity contribution < 1.29 is 9.53 Å². The van der Waals surface area contributed by atoms with Gasteiger partial charge in [-0.1, -0.05) is 0 Å². The van der Waals surface area contributed by atoms with Gasteiger partial charge in [0.1, 0.15) is 11.4 Å². The fraction of sp³-hybridized carbons (Fsp3) is 0.278. The van der Waals surface area contributed by atoms with Gasteiger partial charge in [0.25, 0.3) is 5.91 Å². The predicted octanol–water partition coefficient (Wildman–Crippen LogP) is 1.70. The van der Waals surface area contributed by atoms with Crippen LogP contribution in [0.4, 0.5) is 5.69 Å². The summed E-state index contributed by atoms with van der Waals surface area (Å²) < 4.78 is 6.79. The Labute approximate surface area is 145 Å². The van der Waals surface area contributed by atoms with Crippen LogP contribution in [0.15, 0.2) is 48.8 Å². The van der Waals surface area contributed by atoms with E-state index in [0.29, 0.717) is 24.4 Å². The number of methoxy groups -OCH3 is 1. The number of benzene rings is 1. The van der Waals surface area contributed by atoms with Gasteiger partial charge in [-0.2, -0.15) is 5.10 Å². The highest BCUT2D eigenvalue weighted by atomic mass is 16.5. The molecule has 0 radical (unpaired) electrons. The number of ether oxygens (including phenoxy) is 1. The van der Waals surface area contributed by atoms with E-state index in [-0.39, 0.29) is 5.91 Å². The Morgan fingerprint density at radius 1 is 1.00 bits per heavy atom. The average Bonchev–Trinajstić information content (AvgIpc) is 3.16. The quantitative estimate of drug-likeness (QED) is 0.728. The summed E-state index contributed by atoms with van der Waals surface area (Å²) in [5, 5.41) is 4.20. The SMILES string of the molecule is COc1ccc(N2CCN(C(=O)c3ccnc4ccnn34)CC2)cc1. The van der Waals surface area contributed by atoms with E-state index in [1.54, 1.807) is 36.2 Å². The number of anilines is 1.